The van der Waals surface area contributed by atoms with E-state index in [9.17, 15) is 9.59 Å². The highest BCUT2D eigenvalue weighted by Gasteiger charge is 2.25. The molecule has 7 nitrogen and oxygen atoms in total. The van der Waals surface area contributed by atoms with Gasteiger partial charge in [0.1, 0.15) is 5.58 Å². The number of carbonyl (C=O) groups is 1. The van der Waals surface area contributed by atoms with Gasteiger partial charge in [-0.15, -0.1) is 0 Å². The first-order valence-corrected chi connectivity index (χ1v) is 8.29. The monoisotopic (exact) mass is 338 g/mol. The molecule has 0 bridgehead atoms. The standard InChI is InChI=1S/C18H18N4O3/c23-17(15-10-12-4-1-2-6-14(12)25-15)21-13-5-3-9-22(11-13)16-18(24)20-8-7-19-16/h1-2,4,6-8,10,13H,3,5,9,11H2,(H,20,24)(H,21,23)/t13-/m1/s1. The van der Waals surface area contributed by atoms with Gasteiger partial charge in [-0.1, -0.05) is 18.2 Å². The first kappa shape index (κ1) is 15.4. The van der Waals surface area contributed by atoms with E-state index in [1.807, 2.05) is 29.2 Å². The number of nitrogens with zero attached hydrogens (tertiary/aromatic N) is 2. The lowest BCUT2D eigenvalue weighted by Gasteiger charge is -2.33. The van der Waals surface area contributed by atoms with Gasteiger partial charge in [0.15, 0.2) is 11.6 Å². The number of aromatic nitrogens is 2. The fourth-order valence-corrected chi connectivity index (χ4v) is 3.21. The summed E-state index contributed by atoms with van der Waals surface area (Å²) in [6.07, 6.45) is 4.80. The molecule has 1 atom stereocenters. The molecule has 2 aromatic heterocycles. The average molecular weight is 338 g/mol. The Kier molecular flexibility index (Phi) is 3.97. The molecule has 1 aliphatic rings. The Balaban J connectivity index is 1.47. The number of furan rings is 1. The number of benzene rings is 1. The van der Waals surface area contributed by atoms with Gasteiger partial charge in [-0.3, -0.25) is 9.59 Å². The number of hydrogen-bond acceptors (Lipinski definition) is 5. The molecule has 1 saturated heterocycles. The van der Waals surface area contributed by atoms with Crippen LogP contribution in [-0.2, 0) is 0 Å². The van der Waals surface area contributed by atoms with Gasteiger partial charge in [0, 0.05) is 36.9 Å². The minimum Gasteiger partial charge on any atom is -0.451 e. The number of carbonyl (C=O) groups excluding carboxylic acids is 1. The first-order valence-electron chi connectivity index (χ1n) is 8.29. The molecule has 3 aromatic rings. The van der Waals surface area contributed by atoms with Crippen molar-refractivity contribution >= 4 is 22.7 Å². The Hall–Kier alpha value is -3.09. The number of aromatic amines is 1. The van der Waals surface area contributed by atoms with E-state index in [0.717, 1.165) is 24.8 Å². The summed E-state index contributed by atoms with van der Waals surface area (Å²) in [5, 5.41) is 3.90. The van der Waals surface area contributed by atoms with Gasteiger partial charge in [-0.2, -0.15) is 0 Å². The minimum atomic E-state index is -0.238. The molecule has 3 heterocycles. The molecule has 7 heteroatoms. The Labute approximate surface area is 143 Å². The smallest absolute Gasteiger partial charge is 0.290 e. The summed E-state index contributed by atoms with van der Waals surface area (Å²) in [5.74, 6) is 0.456. The molecule has 1 fully saturated rings. The molecule has 4 rings (SSSR count). The number of piperidine rings is 1. The second-order valence-corrected chi connectivity index (χ2v) is 6.15. The summed E-state index contributed by atoms with van der Waals surface area (Å²) in [6, 6.07) is 9.21. The van der Waals surface area contributed by atoms with Crippen molar-refractivity contribution in [3.63, 3.8) is 0 Å². The molecule has 0 radical (unpaired) electrons. The van der Waals surface area contributed by atoms with Crippen LogP contribution in [0.1, 0.15) is 23.4 Å². The lowest BCUT2D eigenvalue weighted by molar-refractivity contribution is 0.0907. The number of amides is 1. The van der Waals surface area contributed by atoms with E-state index in [4.69, 9.17) is 4.42 Å². The predicted octanol–water partition coefficient (Wildman–Crippen LogP) is 1.91. The van der Waals surface area contributed by atoms with E-state index in [1.54, 1.807) is 12.3 Å². The molecular weight excluding hydrogens is 320 g/mol. The van der Waals surface area contributed by atoms with Crippen molar-refractivity contribution < 1.29 is 9.21 Å². The number of hydrogen-bond donors (Lipinski definition) is 2. The van der Waals surface area contributed by atoms with Crippen LogP contribution in [0.3, 0.4) is 0 Å². The molecule has 0 saturated carbocycles. The van der Waals surface area contributed by atoms with Crippen molar-refractivity contribution in [3.8, 4) is 0 Å². The van der Waals surface area contributed by atoms with E-state index in [-0.39, 0.29) is 17.5 Å². The van der Waals surface area contributed by atoms with Gasteiger partial charge in [0.25, 0.3) is 11.5 Å². The zero-order valence-electron chi connectivity index (χ0n) is 13.6. The third-order valence-corrected chi connectivity index (χ3v) is 4.39. The highest BCUT2D eigenvalue weighted by atomic mass is 16.3. The number of fused-ring (bicyclic) bond motifs is 1. The quantitative estimate of drug-likeness (QED) is 0.761. The maximum absolute atomic E-state index is 12.5. The van der Waals surface area contributed by atoms with E-state index in [1.165, 1.54) is 6.20 Å². The minimum absolute atomic E-state index is 0.0594. The van der Waals surface area contributed by atoms with E-state index in [2.05, 4.69) is 15.3 Å². The van der Waals surface area contributed by atoms with Crippen LogP contribution in [0.4, 0.5) is 5.82 Å². The third kappa shape index (κ3) is 3.13. The molecule has 1 aliphatic heterocycles. The highest BCUT2D eigenvalue weighted by Crippen LogP contribution is 2.20. The SMILES string of the molecule is O=C(N[C@@H]1CCCN(c2ncc[nH]c2=O)C1)c1cc2ccccc2o1. The Morgan fingerprint density at radius 2 is 2.24 bits per heavy atom. The summed E-state index contributed by atoms with van der Waals surface area (Å²) >= 11 is 0. The van der Waals surface area contributed by atoms with Crippen LogP contribution in [0.5, 0.6) is 0 Å². The van der Waals surface area contributed by atoms with Gasteiger partial charge >= 0.3 is 0 Å². The van der Waals surface area contributed by atoms with Gasteiger partial charge in [-0.25, -0.2) is 4.98 Å². The summed E-state index contributed by atoms with van der Waals surface area (Å²) in [6.45, 7) is 1.29. The van der Waals surface area contributed by atoms with Crippen LogP contribution >= 0.6 is 0 Å². The zero-order chi connectivity index (χ0) is 17.2. The number of nitrogens with one attached hydrogen (secondary N) is 2. The summed E-state index contributed by atoms with van der Waals surface area (Å²) in [5.41, 5.74) is 0.477. The second-order valence-electron chi connectivity index (χ2n) is 6.15. The molecule has 0 unspecified atom stereocenters. The van der Waals surface area contributed by atoms with Crippen LogP contribution in [0, 0.1) is 0 Å². The van der Waals surface area contributed by atoms with Crippen LogP contribution in [0.15, 0.2) is 51.9 Å². The molecule has 1 aromatic carbocycles. The highest BCUT2D eigenvalue weighted by molar-refractivity contribution is 5.96. The number of anilines is 1. The van der Waals surface area contributed by atoms with Crippen LogP contribution in [0.2, 0.25) is 0 Å². The zero-order valence-corrected chi connectivity index (χ0v) is 13.6. The Morgan fingerprint density at radius 1 is 1.36 bits per heavy atom. The van der Waals surface area contributed by atoms with E-state index < -0.39 is 0 Å². The topological polar surface area (TPSA) is 91.2 Å². The molecule has 0 aliphatic carbocycles. The number of H-pyrrole nitrogens is 1. The maximum atomic E-state index is 12.5. The average Bonchev–Trinajstić information content (AvgIpc) is 3.07. The van der Waals surface area contributed by atoms with Crippen molar-refractivity contribution in [2.24, 2.45) is 0 Å². The predicted molar refractivity (Wildman–Crippen MR) is 93.8 cm³/mol. The van der Waals surface area contributed by atoms with Crippen molar-refractivity contribution in [1.29, 1.82) is 0 Å². The summed E-state index contributed by atoms with van der Waals surface area (Å²) < 4.78 is 5.61. The van der Waals surface area contributed by atoms with Gasteiger partial charge in [0.2, 0.25) is 0 Å². The number of rotatable bonds is 3. The molecular formula is C18H18N4O3. The van der Waals surface area contributed by atoms with E-state index >= 15 is 0 Å². The Bertz CT molecular complexity index is 929. The van der Waals surface area contributed by atoms with Gasteiger partial charge < -0.3 is 19.6 Å². The fourth-order valence-electron chi connectivity index (χ4n) is 3.21. The maximum Gasteiger partial charge on any atom is 0.290 e. The molecule has 0 spiro atoms. The second kappa shape index (κ2) is 6.43. The van der Waals surface area contributed by atoms with E-state index in [0.29, 0.717) is 23.7 Å². The normalized spacial score (nSPS) is 17.6. The van der Waals surface area contributed by atoms with Crippen molar-refractivity contribution in [3.05, 3.63) is 58.8 Å². The third-order valence-electron chi connectivity index (χ3n) is 4.39. The first-order chi connectivity index (χ1) is 12.2. The largest absolute Gasteiger partial charge is 0.451 e. The van der Waals surface area contributed by atoms with Crippen molar-refractivity contribution in [1.82, 2.24) is 15.3 Å². The van der Waals surface area contributed by atoms with Gasteiger partial charge in [-0.05, 0) is 25.0 Å². The summed E-state index contributed by atoms with van der Waals surface area (Å²) in [7, 11) is 0. The van der Waals surface area contributed by atoms with Crippen LogP contribution < -0.4 is 15.8 Å². The molecule has 1 amide bonds. The fraction of sp³-hybridized carbons (Fsp3) is 0.278. The van der Waals surface area contributed by atoms with Crippen LogP contribution in [0.25, 0.3) is 11.0 Å². The van der Waals surface area contributed by atoms with Crippen LogP contribution in [-0.4, -0.2) is 35.0 Å². The lowest BCUT2D eigenvalue weighted by Crippen LogP contribution is -2.49. The molecule has 128 valence electrons. The summed E-state index contributed by atoms with van der Waals surface area (Å²) in [4.78, 5) is 33.1. The van der Waals surface area contributed by atoms with Gasteiger partial charge in [0.05, 0.1) is 0 Å². The van der Waals surface area contributed by atoms with Crippen molar-refractivity contribution in [2.45, 2.75) is 18.9 Å². The lowest BCUT2D eigenvalue weighted by atomic mass is 10.1. The molecule has 25 heavy (non-hydrogen) atoms. The van der Waals surface area contributed by atoms with Crippen molar-refractivity contribution in [2.75, 3.05) is 18.0 Å². The molecule has 2 N–H and O–H groups in total. The Morgan fingerprint density at radius 3 is 3.08 bits per heavy atom. The number of para-hydroxylation sites is 1.